The maximum atomic E-state index is 11.4. The lowest BCUT2D eigenvalue weighted by atomic mass is 9.98. The summed E-state index contributed by atoms with van der Waals surface area (Å²) >= 11 is 0. The number of rotatable bonds is 5. The van der Waals surface area contributed by atoms with Gasteiger partial charge >= 0.3 is 6.09 Å². The van der Waals surface area contributed by atoms with Gasteiger partial charge in [0.15, 0.2) is 0 Å². The lowest BCUT2D eigenvalue weighted by Gasteiger charge is -2.20. The van der Waals surface area contributed by atoms with Crippen molar-refractivity contribution in [1.82, 2.24) is 10.9 Å². The molecule has 1 amide bonds. The van der Waals surface area contributed by atoms with Crippen LogP contribution < -0.4 is 10.9 Å². The summed E-state index contributed by atoms with van der Waals surface area (Å²) in [5.74, 6) is 0.453. The Morgan fingerprint density at radius 1 is 1.26 bits per heavy atom. The van der Waals surface area contributed by atoms with E-state index in [2.05, 4.69) is 29.9 Å². The molecule has 1 aromatic carbocycles. The zero-order valence-electron chi connectivity index (χ0n) is 12.2. The summed E-state index contributed by atoms with van der Waals surface area (Å²) in [5.41, 5.74) is 6.26. The van der Waals surface area contributed by atoms with Crippen LogP contribution in [0.1, 0.15) is 45.6 Å². The first-order valence-electron chi connectivity index (χ1n) is 6.65. The largest absolute Gasteiger partial charge is 0.443 e. The molecule has 4 nitrogen and oxygen atoms in total. The first-order valence-corrected chi connectivity index (χ1v) is 6.65. The summed E-state index contributed by atoms with van der Waals surface area (Å²) in [4.78, 5) is 11.4. The van der Waals surface area contributed by atoms with E-state index in [-0.39, 0.29) is 0 Å². The number of carbonyl (C=O) groups is 1. The van der Waals surface area contributed by atoms with Gasteiger partial charge in [-0.2, -0.15) is 0 Å². The summed E-state index contributed by atoms with van der Waals surface area (Å²) in [7, 11) is 0. The zero-order chi connectivity index (χ0) is 14.3. The highest BCUT2D eigenvalue weighted by atomic mass is 16.6. The molecule has 0 aliphatic rings. The van der Waals surface area contributed by atoms with E-state index < -0.39 is 11.7 Å². The van der Waals surface area contributed by atoms with E-state index in [4.69, 9.17) is 4.74 Å². The molecule has 19 heavy (non-hydrogen) atoms. The fourth-order valence-electron chi connectivity index (χ4n) is 1.68. The second-order valence-electron chi connectivity index (χ2n) is 5.65. The molecule has 2 N–H and O–H groups in total. The predicted molar refractivity (Wildman–Crippen MR) is 76.8 cm³/mol. The van der Waals surface area contributed by atoms with Crippen LogP contribution in [0.2, 0.25) is 0 Å². The zero-order valence-corrected chi connectivity index (χ0v) is 12.2. The van der Waals surface area contributed by atoms with Gasteiger partial charge in [0.05, 0.1) is 0 Å². The van der Waals surface area contributed by atoms with Crippen molar-refractivity contribution in [2.75, 3.05) is 6.54 Å². The number of amides is 1. The topological polar surface area (TPSA) is 50.4 Å². The molecule has 0 radical (unpaired) electrons. The summed E-state index contributed by atoms with van der Waals surface area (Å²) in [6.07, 6.45) is 0.500. The lowest BCUT2D eigenvalue weighted by Crippen LogP contribution is -2.41. The Bertz CT molecular complexity index is 385. The van der Waals surface area contributed by atoms with Crippen molar-refractivity contribution in [2.24, 2.45) is 0 Å². The van der Waals surface area contributed by atoms with Crippen LogP contribution in [0.3, 0.4) is 0 Å². The van der Waals surface area contributed by atoms with Crippen LogP contribution in [0.5, 0.6) is 0 Å². The van der Waals surface area contributed by atoms with Gasteiger partial charge in [-0.15, -0.1) is 0 Å². The normalized spacial score (nSPS) is 12.8. The number of hydrogen-bond acceptors (Lipinski definition) is 3. The Balaban J connectivity index is 2.19. The van der Waals surface area contributed by atoms with Gasteiger partial charge in [-0.05, 0) is 38.7 Å². The average Bonchev–Trinajstić information content (AvgIpc) is 2.33. The van der Waals surface area contributed by atoms with E-state index >= 15 is 0 Å². The lowest BCUT2D eigenvalue weighted by molar-refractivity contribution is 0.0498. The SMILES string of the molecule is CC(CCNNC(=O)OC(C)(C)C)c1ccccc1. The molecule has 1 atom stereocenters. The van der Waals surface area contributed by atoms with Crippen molar-refractivity contribution >= 4 is 6.09 Å². The van der Waals surface area contributed by atoms with E-state index in [0.717, 1.165) is 6.42 Å². The Hall–Kier alpha value is -1.55. The van der Waals surface area contributed by atoms with Gasteiger partial charge in [0.2, 0.25) is 0 Å². The van der Waals surface area contributed by atoms with Crippen LogP contribution in [0.15, 0.2) is 30.3 Å². The van der Waals surface area contributed by atoms with Crippen LogP contribution >= 0.6 is 0 Å². The van der Waals surface area contributed by atoms with Crippen molar-refractivity contribution in [3.05, 3.63) is 35.9 Å². The average molecular weight is 264 g/mol. The van der Waals surface area contributed by atoms with E-state index in [0.29, 0.717) is 12.5 Å². The highest BCUT2D eigenvalue weighted by Crippen LogP contribution is 2.17. The van der Waals surface area contributed by atoms with Gasteiger partial charge < -0.3 is 4.74 Å². The minimum atomic E-state index is -0.469. The molecule has 1 unspecified atom stereocenters. The number of ether oxygens (including phenoxy) is 1. The van der Waals surface area contributed by atoms with Crippen molar-refractivity contribution in [3.63, 3.8) is 0 Å². The molecule has 0 saturated heterocycles. The van der Waals surface area contributed by atoms with Gasteiger partial charge in [-0.3, -0.25) is 5.43 Å². The van der Waals surface area contributed by atoms with Gasteiger partial charge in [0.1, 0.15) is 5.60 Å². The molecule has 1 rings (SSSR count). The first kappa shape index (κ1) is 15.5. The molecule has 0 bridgehead atoms. The molecule has 0 aromatic heterocycles. The smallest absolute Gasteiger partial charge is 0.422 e. The number of carbonyl (C=O) groups excluding carboxylic acids is 1. The highest BCUT2D eigenvalue weighted by Gasteiger charge is 2.15. The summed E-state index contributed by atoms with van der Waals surface area (Å²) < 4.78 is 5.12. The van der Waals surface area contributed by atoms with Crippen molar-refractivity contribution < 1.29 is 9.53 Å². The Kier molecular flexibility index (Phi) is 5.83. The standard InChI is InChI=1S/C15H24N2O2/c1-12(13-8-6-5-7-9-13)10-11-16-17-14(18)19-15(2,3)4/h5-9,12,16H,10-11H2,1-4H3,(H,17,18). The summed E-state index contributed by atoms with van der Waals surface area (Å²) in [6, 6.07) is 10.3. The Morgan fingerprint density at radius 3 is 2.47 bits per heavy atom. The number of hydrazine groups is 1. The van der Waals surface area contributed by atoms with Crippen LogP contribution in [0, 0.1) is 0 Å². The number of nitrogens with one attached hydrogen (secondary N) is 2. The quantitative estimate of drug-likeness (QED) is 0.634. The van der Waals surface area contributed by atoms with Crippen molar-refractivity contribution in [3.8, 4) is 0 Å². The molecule has 106 valence electrons. The van der Waals surface area contributed by atoms with Gasteiger partial charge in [0, 0.05) is 6.54 Å². The fourth-order valence-corrected chi connectivity index (χ4v) is 1.68. The molecule has 0 spiro atoms. The highest BCUT2D eigenvalue weighted by molar-refractivity contribution is 5.66. The van der Waals surface area contributed by atoms with E-state index in [9.17, 15) is 4.79 Å². The van der Waals surface area contributed by atoms with Crippen molar-refractivity contribution in [1.29, 1.82) is 0 Å². The Morgan fingerprint density at radius 2 is 1.89 bits per heavy atom. The summed E-state index contributed by atoms with van der Waals surface area (Å²) in [5, 5.41) is 0. The Labute approximate surface area is 115 Å². The van der Waals surface area contributed by atoms with Crippen LogP contribution in [-0.2, 0) is 4.74 Å². The van der Waals surface area contributed by atoms with Gasteiger partial charge in [-0.25, -0.2) is 10.2 Å². The monoisotopic (exact) mass is 264 g/mol. The third-order valence-electron chi connectivity index (χ3n) is 2.66. The number of hydrogen-bond donors (Lipinski definition) is 2. The second kappa shape index (κ2) is 7.14. The first-order chi connectivity index (χ1) is 8.88. The minimum Gasteiger partial charge on any atom is -0.443 e. The van der Waals surface area contributed by atoms with Crippen LogP contribution in [0.25, 0.3) is 0 Å². The van der Waals surface area contributed by atoms with E-state index in [1.807, 2.05) is 39.0 Å². The molecular weight excluding hydrogens is 240 g/mol. The molecule has 0 fully saturated rings. The maximum absolute atomic E-state index is 11.4. The third-order valence-corrected chi connectivity index (χ3v) is 2.66. The molecular formula is C15H24N2O2. The van der Waals surface area contributed by atoms with E-state index in [1.54, 1.807) is 0 Å². The molecule has 0 saturated carbocycles. The maximum Gasteiger partial charge on any atom is 0.422 e. The molecule has 4 heteroatoms. The predicted octanol–water partition coefficient (Wildman–Crippen LogP) is 3.21. The van der Waals surface area contributed by atoms with Crippen LogP contribution in [0.4, 0.5) is 4.79 Å². The molecule has 1 aromatic rings. The molecule has 0 aliphatic carbocycles. The fraction of sp³-hybridized carbons (Fsp3) is 0.533. The second-order valence-corrected chi connectivity index (χ2v) is 5.65. The van der Waals surface area contributed by atoms with E-state index in [1.165, 1.54) is 5.56 Å². The molecule has 0 heterocycles. The van der Waals surface area contributed by atoms with Crippen LogP contribution in [-0.4, -0.2) is 18.2 Å². The molecule has 0 aliphatic heterocycles. The summed E-state index contributed by atoms with van der Waals surface area (Å²) in [6.45, 7) is 8.39. The van der Waals surface area contributed by atoms with Gasteiger partial charge in [-0.1, -0.05) is 37.3 Å². The van der Waals surface area contributed by atoms with Crippen molar-refractivity contribution in [2.45, 2.75) is 45.6 Å². The number of benzene rings is 1. The minimum absolute atomic E-state index is 0.445. The third kappa shape index (κ3) is 6.82. The van der Waals surface area contributed by atoms with Gasteiger partial charge in [0.25, 0.3) is 0 Å².